The van der Waals surface area contributed by atoms with Crippen molar-refractivity contribution in [1.29, 1.82) is 0 Å². The van der Waals surface area contributed by atoms with Crippen LogP contribution in [0, 0.1) is 5.92 Å². The molecular weight excluding hydrogens is 478 g/mol. The van der Waals surface area contributed by atoms with Crippen LogP contribution in [-0.4, -0.2) is 53.7 Å². The van der Waals surface area contributed by atoms with Gasteiger partial charge in [-0.3, -0.25) is 9.78 Å². The summed E-state index contributed by atoms with van der Waals surface area (Å²) in [5, 5.41) is 14.8. The van der Waals surface area contributed by atoms with Gasteiger partial charge in [-0.2, -0.15) is 0 Å². The number of carbonyl (C=O) groups excluding carboxylic acids is 1. The fourth-order valence-electron chi connectivity index (χ4n) is 4.17. The van der Waals surface area contributed by atoms with E-state index in [0.29, 0.717) is 19.6 Å². The zero-order chi connectivity index (χ0) is 26.8. The van der Waals surface area contributed by atoms with Crippen molar-refractivity contribution in [1.82, 2.24) is 4.98 Å². The molecule has 9 nitrogen and oxygen atoms in total. The maximum atomic E-state index is 13.1. The molecule has 0 amide bonds. The van der Waals surface area contributed by atoms with Gasteiger partial charge in [0.2, 0.25) is 0 Å². The second kappa shape index (κ2) is 12.6. The number of aromatic nitrogens is 1. The first-order chi connectivity index (χ1) is 17.8. The molecule has 2 atom stereocenters. The first-order valence-electron chi connectivity index (χ1n) is 11.5. The number of pyridine rings is 1. The normalized spacial score (nSPS) is 17.6. The number of carbonyl (C=O) groups is 3. The van der Waals surface area contributed by atoms with Gasteiger partial charge in [-0.25, -0.2) is 9.59 Å². The predicted molar refractivity (Wildman–Crippen MR) is 134 cm³/mol. The number of carboxylic acid groups (broad SMARTS) is 2. The number of ketones is 1. The van der Waals surface area contributed by atoms with E-state index in [1.807, 2.05) is 54.6 Å². The van der Waals surface area contributed by atoms with Gasteiger partial charge in [-0.1, -0.05) is 36.4 Å². The third-order valence-corrected chi connectivity index (χ3v) is 6.13. The van der Waals surface area contributed by atoms with Gasteiger partial charge in [0.25, 0.3) is 0 Å². The molecule has 2 N–H and O–H groups in total. The molecule has 0 radical (unpaired) electrons. The molecular formula is C28H29NO8. The summed E-state index contributed by atoms with van der Waals surface area (Å²) in [5.41, 5.74) is 2.59. The molecule has 3 aromatic rings. The first-order valence-corrected chi connectivity index (χ1v) is 11.5. The largest absolute Gasteiger partial charge is 0.496 e. The van der Waals surface area contributed by atoms with Crippen molar-refractivity contribution in [3.63, 3.8) is 0 Å². The van der Waals surface area contributed by atoms with Gasteiger partial charge in [0.05, 0.1) is 20.3 Å². The zero-order valence-electron chi connectivity index (χ0n) is 20.6. The highest BCUT2D eigenvalue weighted by molar-refractivity contribution is 6.27. The van der Waals surface area contributed by atoms with E-state index in [1.165, 1.54) is 0 Å². The van der Waals surface area contributed by atoms with Crippen molar-refractivity contribution in [2.75, 3.05) is 20.8 Å². The van der Waals surface area contributed by atoms with Gasteiger partial charge < -0.3 is 24.4 Å². The van der Waals surface area contributed by atoms with E-state index in [4.69, 9.17) is 34.0 Å². The summed E-state index contributed by atoms with van der Waals surface area (Å²) >= 11 is 0. The van der Waals surface area contributed by atoms with E-state index in [2.05, 4.69) is 17.1 Å². The highest BCUT2D eigenvalue weighted by atomic mass is 16.5. The Balaban J connectivity index is 0.000000568. The molecule has 1 saturated carbocycles. The van der Waals surface area contributed by atoms with E-state index < -0.39 is 11.9 Å². The van der Waals surface area contributed by atoms with Crippen molar-refractivity contribution in [2.45, 2.75) is 24.9 Å². The first kappa shape index (κ1) is 27.3. The van der Waals surface area contributed by atoms with Crippen molar-refractivity contribution in [2.24, 2.45) is 5.92 Å². The molecule has 194 valence electrons. The highest BCUT2D eigenvalue weighted by Gasteiger charge is 2.59. The second-order valence-electron chi connectivity index (χ2n) is 8.55. The summed E-state index contributed by atoms with van der Waals surface area (Å²) in [7, 11) is 3.29. The third kappa shape index (κ3) is 7.14. The maximum absolute atomic E-state index is 13.1. The molecule has 1 aliphatic carbocycles. The summed E-state index contributed by atoms with van der Waals surface area (Å²) in [6, 6.07) is 21.6. The number of carboxylic acids is 2. The van der Waals surface area contributed by atoms with Gasteiger partial charge in [0.15, 0.2) is 0 Å². The Hall–Kier alpha value is -4.24. The lowest BCUT2D eigenvalue weighted by molar-refractivity contribution is -0.159. The number of Topliss-reactive ketones (excluding diaryl/α,β-unsaturated/α-hetero) is 1. The second-order valence-corrected chi connectivity index (χ2v) is 8.55. The quantitative estimate of drug-likeness (QED) is 0.395. The fourth-order valence-corrected chi connectivity index (χ4v) is 4.17. The Morgan fingerprint density at radius 3 is 2.27 bits per heavy atom. The Morgan fingerprint density at radius 1 is 0.973 bits per heavy atom. The minimum Gasteiger partial charge on any atom is -0.496 e. The molecule has 0 saturated heterocycles. The number of nitrogens with zero attached hydrogens (tertiary/aromatic N) is 1. The zero-order valence-corrected chi connectivity index (χ0v) is 20.6. The molecule has 2 aromatic carbocycles. The number of hydrogen-bond donors (Lipinski definition) is 2. The lowest BCUT2D eigenvalue weighted by Gasteiger charge is -2.19. The van der Waals surface area contributed by atoms with Crippen LogP contribution >= 0.6 is 0 Å². The molecule has 1 aromatic heterocycles. The van der Waals surface area contributed by atoms with Gasteiger partial charge in [-0.15, -0.1) is 0 Å². The maximum Gasteiger partial charge on any atom is 0.414 e. The Bertz CT molecular complexity index is 1200. The van der Waals surface area contributed by atoms with E-state index in [-0.39, 0.29) is 17.1 Å². The van der Waals surface area contributed by atoms with Crippen LogP contribution in [0.4, 0.5) is 0 Å². The van der Waals surface area contributed by atoms with Crippen LogP contribution in [0.3, 0.4) is 0 Å². The SMILES string of the molecule is COCc1ccc(OCC2(c3ccccc3)CC2C(=O)Cc2ccccn2)cc1OC.O=C(O)C(=O)O. The summed E-state index contributed by atoms with van der Waals surface area (Å²) in [6.45, 7) is 0.907. The smallest absolute Gasteiger partial charge is 0.414 e. The number of benzene rings is 2. The Labute approximate surface area is 214 Å². The topological polar surface area (TPSA) is 132 Å². The summed E-state index contributed by atoms with van der Waals surface area (Å²) in [5.74, 6) is -2.07. The summed E-state index contributed by atoms with van der Waals surface area (Å²) < 4.78 is 16.9. The number of methoxy groups -OCH3 is 2. The average molecular weight is 508 g/mol. The minimum absolute atomic E-state index is 0.0773. The summed E-state index contributed by atoms with van der Waals surface area (Å²) in [6.07, 6.45) is 2.85. The molecule has 9 heteroatoms. The van der Waals surface area contributed by atoms with Gasteiger partial charge in [0.1, 0.15) is 17.3 Å². The molecule has 4 rings (SSSR count). The monoisotopic (exact) mass is 507 g/mol. The predicted octanol–water partition coefficient (Wildman–Crippen LogP) is 3.54. The minimum atomic E-state index is -1.82. The number of hydrogen-bond acceptors (Lipinski definition) is 7. The van der Waals surface area contributed by atoms with Crippen LogP contribution in [0.5, 0.6) is 11.5 Å². The van der Waals surface area contributed by atoms with Crippen LogP contribution in [0.25, 0.3) is 0 Å². The van der Waals surface area contributed by atoms with Crippen LogP contribution < -0.4 is 9.47 Å². The fraction of sp³-hybridized carbons (Fsp3) is 0.286. The third-order valence-electron chi connectivity index (χ3n) is 6.13. The van der Waals surface area contributed by atoms with Crippen LogP contribution in [-0.2, 0) is 37.6 Å². The molecule has 0 aliphatic heterocycles. The Morgan fingerprint density at radius 2 is 1.68 bits per heavy atom. The van der Waals surface area contributed by atoms with E-state index in [0.717, 1.165) is 34.7 Å². The number of aliphatic carboxylic acids is 2. The van der Waals surface area contributed by atoms with Gasteiger partial charge in [0, 0.05) is 48.4 Å². The molecule has 1 aliphatic rings. The standard InChI is InChI=1S/C26H27NO4.C2H2O4/c1-29-17-19-11-12-22(15-25(19)30-2)31-18-26(20-8-4-3-5-9-20)16-23(26)24(28)14-21-10-6-7-13-27-21;3-1(4)2(5)6/h3-13,15,23H,14,16-18H2,1-2H3;(H,3,4)(H,5,6). The van der Waals surface area contributed by atoms with Crippen molar-refractivity contribution < 1.29 is 38.8 Å². The number of ether oxygens (including phenoxy) is 3. The average Bonchev–Trinajstić information content (AvgIpc) is 3.66. The molecule has 37 heavy (non-hydrogen) atoms. The van der Waals surface area contributed by atoms with Crippen molar-refractivity contribution >= 4 is 17.7 Å². The molecule has 1 fully saturated rings. The number of rotatable bonds is 10. The van der Waals surface area contributed by atoms with Crippen LogP contribution in [0.2, 0.25) is 0 Å². The molecule has 2 unspecified atom stereocenters. The van der Waals surface area contributed by atoms with Gasteiger partial charge >= 0.3 is 11.9 Å². The van der Waals surface area contributed by atoms with Gasteiger partial charge in [-0.05, 0) is 36.2 Å². The van der Waals surface area contributed by atoms with Crippen LogP contribution in [0.15, 0.2) is 72.9 Å². The highest BCUT2D eigenvalue weighted by Crippen LogP contribution is 2.55. The van der Waals surface area contributed by atoms with E-state index >= 15 is 0 Å². The van der Waals surface area contributed by atoms with Crippen molar-refractivity contribution in [3.8, 4) is 11.5 Å². The lowest BCUT2D eigenvalue weighted by atomic mass is 9.92. The summed E-state index contributed by atoms with van der Waals surface area (Å²) in [4.78, 5) is 35.6. The molecule has 0 spiro atoms. The van der Waals surface area contributed by atoms with E-state index in [9.17, 15) is 4.79 Å². The van der Waals surface area contributed by atoms with Crippen LogP contribution in [0.1, 0.15) is 23.2 Å². The van der Waals surface area contributed by atoms with Crippen molar-refractivity contribution in [3.05, 3.63) is 89.7 Å². The van der Waals surface area contributed by atoms with E-state index in [1.54, 1.807) is 20.4 Å². The molecule has 1 heterocycles. The molecule has 0 bridgehead atoms. The lowest BCUT2D eigenvalue weighted by Crippen LogP contribution is -2.24. The Kier molecular flexibility index (Phi) is 9.34.